The van der Waals surface area contributed by atoms with Gasteiger partial charge in [0.05, 0.1) is 5.60 Å². The zero-order chi connectivity index (χ0) is 28.5. The van der Waals surface area contributed by atoms with E-state index in [-0.39, 0.29) is 12.5 Å². The topological polar surface area (TPSA) is 112 Å². The summed E-state index contributed by atoms with van der Waals surface area (Å²) in [6, 6.07) is 0. The van der Waals surface area contributed by atoms with Gasteiger partial charge >= 0.3 is 11.9 Å². The van der Waals surface area contributed by atoms with Gasteiger partial charge in [0.1, 0.15) is 24.9 Å². The van der Waals surface area contributed by atoms with Gasteiger partial charge in [-0.05, 0) is 85.5 Å². The summed E-state index contributed by atoms with van der Waals surface area (Å²) in [5, 5.41) is 21.7. The highest BCUT2D eigenvalue weighted by atomic mass is 16.7. The number of rotatable bonds is 6. The number of aliphatic hydroxyl groups is 2. The smallest absolute Gasteiger partial charge is 0.303 e. The van der Waals surface area contributed by atoms with Crippen molar-refractivity contribution in [2.75, 3.05) is 6.61 Å². The van der Waals surface area contributed by atoms with Crippen molar-refractivity contribution in [1.82, 2.24) is 0 Å². The number of esters is 2. The molecular weight excluding hydrogens is 488 g/mol. The Morgan fingerprint density at radius 3 is 2.08 bits per heavy atom. The molecule has 0 unspecified atom stereocenters. The molecule has 8 heteroatoms. The second-order valence-electron chi connectivity index (χ2n) is 11.3. The van der Waals surface area contributed by atoms with Gasteiger partial charge < -0.3 is 29.2 Å². The molecule has 0 aromatic carbocycles. The Morgan fingerprint density at radius 1 is 0.921 bits per heavy atom. The van der Waals surface area contributed by atoms with Gasteiger partial charge in [-0.15, -0.1) is 0 Å². The first-order valence-electron chi connectivity index (χ1n) is 13.8. The monoisotopic (exact) mass is 536 g/mol. The molecule has 1 fully saturated rings. The molecule has 2 aliphatic rings. The molecule has 6 atom stereocenters. The fraction of sp³-hybridized carbons (Fsp3) is 0.733. The Balaban J connectivity index is 2.26. The van der Waals surface area contributed by atoms with Gasteiger partial charge in [-0.3, -0.25) is 9.59 Å². The molecule has 1 saturated heterocycles. The molecule has 0 bridgehead atoms. The van der Waals surface area contributed by atoms with Gasteiger partial charge in [0, 0.05) is 13.8 Å². The number of ether oxygens (including phenoxy) is 4. The van der Waals surface area contributed by atoms with Crippen molar-refractivity contribution >= 4 is 11.9 Å². The zero-order valence-electron chi connectivity index (χ0n) is 24.2. The molecule has 38 heavy (non-hydrogen) atoms. The van der Waals surface area contributed by atoms with Gasteiger partial charge in [-0.2, -0.15) is 0 Å². The summed E-state index contributed by atoms with van der Waals surface area (Å²) in [7, 11) is 0. The molecular formula is C30H48O8. The first kappa shape index (κ1) is 32.2. The third kappa shape index (κ3) is 10.3. The van der Waals surface area contributed by atoms with E-state index in [1.165, 1.54) is 30.6 Å². The fourth-order valence-electron chi connectivity index (χ4n) is 4.96. The van der Waals surface area contributed by atoms with E-state index in [1.807, 2.05) is 13.8 Å². The van der Waals surface area contributed by atoms with Gasteiger partial charge in [-0.25, -0.2) is 0 Å². The highest BCUT2D eigenvalue weighted by Crippen LogP contribution is 2.36. The van der Waals surface area contributed by atoms with Crippen molar-refractivity contribution in [3.8, 4) is 0 Å². The molecule has 0 radical (unpaired) electrons. The van der Waals surface area contributed by atoms with Crippen LogP contribution in [0.4, 0.5) is 0 Å². The Hall–Kier alpha value is -2.00. The molecule has 216 valence electrons. The minimum atomic E-state index is -1.42. The second kappa shape index (κ2) is 15.0. The van der Waals surface area contributed by atoms with E-state index in [0.717, 1.165) is 44.9 Å². The molecule has 0 amide bonds. The van der Waals surface area contributed by atoms with Gasteiger partial charge in [0.25, 0.3) is 0 Å². The number of aliphatic hydroxyl groups excluding tert-OH is 2. The van der Waals surface area contributed by atoms with Crippen LogP contribution in [0, 0.1) is 5.92 Å². The normalized spacial score (nSPS) is 34.4. The largest absolute Gasteiger partial charge is 0.463 e. The lowest BCUT2D eigenvalue weighted by molar-refractivity contribution is -0.329. The summed E-state index contributed by atoms with van der Waals surface area (Å²) in [5.41, 5.74) is 3.37. The van der Waals surface area contributed by atoms with Crippen LogP contribution in [0.5, 0.6) is 0 Å². The summed E-state index contributed by atoms with van der Waals surface area (Å²) in [6.45, 7) is 12.7. The first-order valence-corrected chi connectivity index (χ1v) is 13.8. The quantitative estimate of drug-likeness (QED) is 0.363. The fourth-order valence-corrected chi connectivity index (χ4v) is 4.96. The van der Waals surface area contributed by atoms with Crippen LogP contribution in [0.3, 0.4) is 0 Å². The number of carbonyl (C=O) groups is 2. The first-order chi connectivity index (χ1) is 17.8. The number of carbonyl (C=O) groups excluding carboxylic acids is 2. The third-order valence-electron chi connectivity index (χ3n) is 7.50. The summed E-state index contributed by atoms with van der Waals surface area (Å²) >= 11 is 0. The van der Waals surface area contributed by atoms with Crippen LogP contribution in [0.15, 0.2) is 34.9 Å². The van der Waals surface area contributed by atoms with Crippen molar-refractivity contribution in [3.63, 3.8) is 0 Å². The van der Waals surface area contributed by atoms with E-state index in [0.29, 0.717) is 0 Å². The van der Waals surface area contributed by atoms with Crippen molar-refractivity contribution in [1.29, 1.82) is 0 Å². The molecule has 0 saturated carbocycles. The summed E-state index contributed by atoms with van der Waals surface area (Å²) in [5.74, 6) is -1.09. The lowest BCUT2D eigenvalue weighted by atomic mass is 9.82. The number of hydrogen-bond acceptors (Lipinski definition) is 8. The highest BCUT2D eigenvalue weighted by molar-refractivity contribution is 5.66. The van der Waals surface area contributed by atoms with E-state index in [9.17, 15) is 19.8 Å². The Bertz CT molecular complexity index is 887. The Morgan fingerprint density at radius 2 is 1.50 bits per heavy atom. The molecule has 0 aromatic rings. The van der Waals surface area contributed by atoms with Gasteiger partial charge in [0.15, 0.2) is 12.4 Å². The van der Waals surface area contributed by atoms with Crippen LogP contribution in [0.2, 0.25) is 0 Å². The van der Waals surface area contributed by atoms with Crippen LogP contribution in [0.1, 0.15) is 93.4 Å². The predicted molar refractivity (Wildman–Crippen MR) is 145 cm³/mol. The van der Waals surface area contributed by atoms with E-state index in [1.54, 1.807) is 0 Å². The van der Waals surface area contributed by atoms with Crippen molar-refractivity contribution in [2.24, 2.45) is 5.92 Å². The maximum atomic E-state index is 11.7. The standard InChI is InChI=1S/C30H48O8/c1-19-10-8-12-20(2)14-16-24(17-15-21(3)13-9-11-19)30(6,7)38-29-27(34)28(36-23(5)32)26(33)25(37-29)18-35-22(4)31/h10,13-14,24-29,33-34H,8-9,11-12,15-18H2,1-7H3/b19-10+,20-14+,21-13+/t24-,25-,26+,27-,28+,29+/m1/s1. The minimum absolute atomic E-state index is 0.0998. The highest BCUT2D eigenvalue weighted by Gasteiger charge is 2.49. The van der Waals surface area contributed by atoms with E-state index >= 15 is 0 Å². The van der Waals surface area contributed by atoms with Crippen molar-refractivity contribution in [2.45, 2.75) is 130 Å². The van der Waals surface area contributed by atoms with Crippen LogP contribution in [-0.4, -0.2) is 65.1 Å². The van der Waals surface area contributed by atoms with Crippen LogP contribution in [-0.2, 0) is 28.5 Å². The van der Waals surface area contributed by atoms with E-state index in [2.05, 4.69) is 39.0 Å². The Kier molecular flexibility index (Phi) is 12.7. The SMILES string of the molecule is CC(=O)OC[C@H]1O[C@@H](OC(C)(C)[C@@H]2C/C=C(\C)CC/C=C(\C)CC/C=C(\C)CC2)[C@H](O)[C@@H](OC(C)=O)[C@H]1O. The van der Waals surface area contributed by atoms with Crippen LogP contribution >= 0.6 is 0 Å². The van der Waals surface area contributed by atoms with E-state index < -0.39 is 48.2 Å². The lowest BCUT2D eigenvalue weighted by Crippen LogP contribution is -2.62. The molecule has 8 nitrogen and oxygen atoms in total. The molecule has 1 aliphatic heterocycles. The second-order valence-corrected chi connectivity index (χ2v) is 11.3. The van der Waals surface area contributed by atoms with Crippen molar-refractivity contribution < 1.29 is 38.7 Å². The average Bonchev–Trinajstić information content (AvgIpc) is 2.81. The molecule has 0 spiro atoms. The molecule has 0 aromatic heterocycles. The molecule has 1 heterocycles. The maximum absolute atomic E-state index is 11.7. The predicted octanol–water partition coefficient (Wildman–Crippen LogP) is 4.92. The number of hydrogen-bond donors (Lipinski definition) is 2. The summed E-state index contributed by atoms with van der Waals surface area (Å²) in [4.78, 5) is 23.1. The van der Waals surface area contributed by atoms with Crippen molar-refractivity contribution in [3.05, 3.63) is 34.9 Å². The van der Waals surface area contributed by atoms with E-state index in [4.69, 9.17) is 18.9 Å². The molecule has 2 rings (SSSR count). The maximum Gasteiger partial charge on any atom is 0.303 e. The number of allylic oxidation sites excluding steroid dienone is 6. The molecule has 1 aliphatic carbocycles. The van der Waals surface area contributed by atoms with Gasteiger partial charge in [-0.1, -0.05) is 34.9 Å². The average molecular weight is 537 g/mol. The lowest BCUT2D eigenvalue weighted by Gasteiger charge is -2.45. The summed E-state index contributed by atoms with van der Waals surface area (Å²) in [6.07, 6.45) is 7.32. The summed E-state index contributed by atoms with van der Waals surface area (Å²) < 4.78 is 22.6. The van der Waals surface area contributed by atoms with Crippen LogP contribution < -0.4 is 0 Å². The zero-order valence-corrected chi connectivity index (χ0v) is 24.2. The third-order valence-corrected chi connectivity index (χ3v) is 7.50. The minimum Gasteiger partial charge on any atom is -0.463 e. The van der Waals surface area contributed by atoms with Gasteiger partial charge in [0.2, 0.25) is 0 Å². The molecule has 2 N–H and O–H groups in total. The Labute approximate surface area is 228 Å². The van der Waals surface area contributed by atoms with Crippen LogP contribution in [0.25, 0.3) is 0 Å².